The van der Waals surface area contributed by atoms with E-state index >= 15 is 0 Å². The van der Waals surface area contributed by atoms with E-state index in [1.54, 1.807) is 0 Å². The Hall–Kier alpha value is -1.51. The van der Waals surface area contributed by atoms with Crippen molar-refractivity contribution in [2.45, 2.75) is 32.3 Å². The second-order valence-corrected chi connectivity index (χ2v) is 4.08. The minimum absolute atomic E-state index is 0.323. The number of hydrogen-bond donors (Lipinski definition) is 1. The van der Waals surface area contributed by atoms with Gasteiger partial charge in [-0.2, -0.15) is 0 Å². The molecule has 1 rings (SSSR count). The lowest BCUT2D eigenvalue weighted by Gasteiger charge is -2.11. The molecule has 1 unspecified atom stereocenters. The maximum atomic E-state index is 9.79. The fraction of sp³-hybridized carbons (Fsp3) is 0.500. The van der Waals surface area contributed by atoms with E-state index in [1.165, 1.54) is 5.56 Å². The minimum Gasteiger partial charge on any atom is -0.388 e. The fourth-order valence-corrected chi connectivity index (χ4v) is 1.49. The van der Waals surface area contributed by atoms with Crippen molar-refractivity contribution in [3.05, 3.63) is 45.8 Å². The molecule has 0 amide bonds. The Bertz CT molecular complexity index is 366. The van der Waals surface area contributed by atoms with Gasteiger partial charge in [-0.1, -0.05) is 43.2 Å². The van der Waals surface area contributed by atoms with Gasteiger partial charge in [-0.3, -0.25) is 0 Å². The summed E-state index contributed by atoms with van der Waals surface area (Å²) in [7, 11) is 0. The summed E-state index contributed by atoms with van der Waals surface area (Å²) >= 11 is 0. The number of hydrogen-bond acceptors (Lipinski definition) is 2. The van der Waals surface area contributed by atoms with Crippen LogP contribution in [0.1, 0.15) is 43.4 Å². The van der Waals surface area contributed by atoms with Crippen molar-refractivity contribution in [2.75, 3.05) is 6.54 Å². The largest absolute Gasteiger partial charge is 0.388 e. The van der Waals surface area contributed by atoms with Crippen LogP contribution in [-0.2, 0) is 0 Å². The Balaban J connectivity index is 2.62. The van der Waals surface area contributed by atoms with E-state index in [2.05, 4.69) is 23.9 Å². The maximum Gasteiger partial charge on any atom is 0.0791 e. The molecule has 0 heterocycles. The summed E-state index contributed by atoms with van der Waals surface area (Å²) in [5.41, 5.74) is 10.3. The van der Waals surface area contributed by atoms with E-state index in [0.29, 0.717) is 18.9 Å². The minimum atomic E-state index is -0.549. The normalized spacial score (nSPS) is 12.2. The summed E-state index contributed by atoms with van der Waals surface area (Å²) < 4.78 is 0. The van der Waals surface area contributed by atoms with Gasteiger partial charge in [-0.25, -0.2) is 0 Å². The Morgan fingerprint density at radius 2 is 1.81 bits per heavy atom. The first-order chi connectivity index (χ1) is 7.65. The molecule has 1 aromatic rings. The topological polar surface area (TPSA) is 69.0 Å². The molecule has 1 N–H and O–H groups in total. The zero-order valence-corrected chi connectivity index (χ0v) is 9.67. The average molecular weight is 219 g/mol. The molecule has 0 aliphatic carbocycles. The quantitative estimate of drug-likeness (QED) is 0.459. The number of rotatable bonds is 5. The van der Waals surface area contributed by atoms with E-state index in [1.807, 2.05) is 24.3 Å². The summed E-state index contributed by atoms with van der Waals surface area (Å²) in [5, 5.41) is 13.2. The molecule has 0 spiro atoms. The molecule has 1 aromatic carbocycles. The van der Waals surface area contributed by atoms with Crippen molar-refractivity contribution < 1.29 is 5.11 Å². The van der Waals surface area contributed by atoms with Crippen molar-refractivity contribution >= 4 is 0 Å². The number of aliphatic hydroxyl groups is 1. The van der Waals surface area contributed by atoms with Crippen LogP contribution in [0.4, 0.5) is 0 Å². The van der Waals surface area contributed by atoms with Gasteiger partial charge < -0.3 is 5.11 Å². The van der Waals surface area contributed by atoms with Crippen LogP contribution in [0.15, 0.2) is 29.4 Å². The highest BCUT2D eigenvalue weighted by atomic mass is 16.3. The lowest BCUT2D eigenvalue weighted by atomic mass is 9.99. The van der Waals surface area contributed by atoms with Gasteiger partial charge in [0.15, 0.2) is 0 Å². The third-order valence-electron chi connectivity index (χ3n) is 2.55. The van der Waals surface area contributed by atoms with Gasteiger partial charge >= 0.3 is 0 Å². The van der Waals surface area contributed by atoms with E-state index in [4.69, 9.17) is 5.53 Å². The zero-order chi connectivity index (χ0) is 12.0. The molecule has 0 saturated carbocycles. The van der Waals surface area contributed by atoms with Crippen molar-refractivity contribution in [3.63, 3.8) is 0 Å². The van der Waals surface area contributed by atoms with E-state index in [9.17, 15) is 5.11 Å². The van der Waals surface area contributed by atoms with E-state index in [0.717, 1.165) is 5.56 Å². The second-order valence-electron chi connectivity index (χ2n) is 4.08. The van der Waals surface area contributed by atoms with Crippen LogP contribution in [0, 0.1) is 0 Å². The predicted octanol–water partition coefficient (Wildman–Crippen LogP) is 3.54. The fourth-order valence-electron chi connectivity index (χ4n) is 1.49. The molecule has 16 heavy (non-hydrogen) atoms. The van der Waals surface area contributed by atoms with Gasteiger partial charge in [0.1, 0.15) is 0 Å². The van der Waals surface area contributed by atoms with Gasteiger partial charge in [0.2, 0.25) is 0 Å². The Labute approximate surface area is 95.5 Å². The van der Waals surface area contributed by atoms with Crippen LogP contribution in [0.5, 0.6) is 0 Å². The monoisotopic (exact) mass is 219 g/mol. The highest BCUT2D eigenvalue weighted by Gasteiger charge is 2.07. The summed E-state index contributed by atoms with van der Waals surface area (Å²) in [6, 6.07) is 7.90. The van der Waals surface area contributed by atoms with Crippen molar-refractivity contribution in [3.8, 4) is 0 Å². The molecular formula is C12H17N3O. The number of aliphatic hydroxyl groups excluding tert-OH is 1. The average Bonchev–Trinajstić information content (AvgIpc) is 2.29. The molecule has 4 heteroatoms. The first-order valence-corrected chi connectivity index (χ1v) is 5.44. The SMILES string of the molecule is CC(C)c1ccc(C(O)CCN=[N+]=[N-])cc1. The molecule has 0 bridgehead atoms. The number of azide groups is 1. The molecular weight excluding hydrogens is 202 g/mol. The van der Waals surface area contributed by atoms with Crippen LogP contribution >= 0.6 is 0 Å². The Kier molecular flexibility index (Phi) is 4.83. The first kappa shape index (κ1) is 12.6. The third kappa shape index (κ3) is 3.57. The lowest BCUT2D eigenvalue weighted by Crippen LogP contribution is -1.99. The van der Waals surface area contributed by atoms with Gasteiger partial charge in [-0.15, -0.1) is 0 Å². The predicted molar refractivity (Wildman–Crippen MR) is 64.1 cm³/mol. The van der Waals surface area contributed by atoms with E-state index in [-0.39, 0.29) is 0 Å². The summed E-state index contributed by atoms with van der Waals surface area (Å²) in [4.78, 5) is 2.65. The van der Waals surface area contributed by atoms with Crippen molar-refractivity contribution in [1.29, 1.82) is 0 Å². The Morgan fingerprint density at radius 3 is 2.31 bits per heavy atom. The molecule has 4 nitrogen and oxygen atoms in total. The number of benzene rings is 1. The third-order valence-corrected chi connectivity index (χ3v) is 2.55. The van der Waals surface area contributed by atoms with E-state index < -0.39 is 6.10 Å². The first-order valence-electron chi connectivity index (χ1n) is 5.44. The van der Waals surface area contributed by atoms with Crippen LogP contribution in [-0.4, -0.2) is 11.7 Å². The van der Waals surface area contributed by atoms with Crippen molar-refractivity contribution in [2.24, 2.45) is 5.11 Å². The van der Waals surface area contributed by atoms with Crippen LogP contribution in [0.25, 0.3) is 10.4 Å². The molecule has 0 saturated heterocycles. The highest BCUT2D eigenvalue weighted by Crippen LogP contribution is 2.20. The van der Waals surface area contributed by atoms with Crippen LogP contribution in [0.2, 0.25) is 0 Å². The molecule has 0 aliphatic rings. The van der Waals surface area contributed by atoms with Gasteiger partial charge in [-0.05, 0) is 29.0 Å². The van der Waals surface area contributed by atoms with Gasteiger partial charge in [0.25, 0.3) is 0 Å². The smallest absolute Gasteiger partial charge is 0.0791 e. The summed E-state index contributed by atoms with van der Waals surface area (Å²) in [6.07, 6.45) is -0.0860. The van der Waals surface area contributed by atoms with Crippen molar-refractivity contribution in [1.82, 2.24) is 0 Å². The molecule has 0 radical (unpaired) electrons. The standard InChI is InChI=1S/C12H17N3O/c1-9(2)10-3-5-11(6-4-10)12(16)7-8-14-15-13/h3-6,9,12,16H,7-8H2,1-2H3. The Morgan fingerprint density at radius 1 is 1.25 bits per heavy atom. The molecule has 1 atom stereocenters. The van der Waals surface area contributed by atoms with Crippen LogP contribution in [0.3, 0.4) is 0 Å². The second kappa shape index (κ2) is 6.16. The maximum absolute atomic E-state index is 9.79. The summed E-state index contributed by atoms with van der Waals surface area (Å²) in [5.74, 6) is 0.495. The molecule has 0 fully saturated rings. The van der Waals surface area contributed by atoms with Gasteiger partial charge in [0, 0.05) is 11.5 Å². The molecule has 0 aliphatic heterocycles. The number of nitrogens with zero attached hydrogens (tertiary/aromatic N) is 3. The zero-order valence-electron chi connectivity index (χ0n) is 9.67. The highest BCUT2D eigenvalue weighted by molar-refractivity contribution is 5.26. The molecule has 0 aromatic heterocycles. The van der Waals surface area contributed by atoms with Crippen LogP contribution < -0.4 is 0 Å². The van der Waals surface area contributed by atoms with Gasteiger partial charge in [0.05, 0.1) is 6.10 Å². The lowest BCUT2D eigenvalue weighted by molar-refractivity contribution is 0.170. The summed E-state index contributed by atoms with van der Waals surface area (Å²) in [6.45, 7) is 4.59. The molecule has 86 valence electrons.